The van der Waals surface area contributed by atoms with Gasteiger partial charge in [-0.2, -0.15) is 0 Å². The number of nitrogens with one attached hydrogen (secondary N) is 1. The molecule has 3 aromatic carbocycles. The zero-order chi connectivity index (χ0) is 20.2. The van der Waals surface area contributed by atoms with Crippen LogP contribution in [0.25, 0.3) is 21.5 Å². The Balaban J connectivity index is 1.70. The Morgan fingerprint density at radius 2 is 1.55 bits per heavy atom. The summed E-state index contributed by atoms with van der Waals surface area (Å²) in [6.45, 7) is 0. The second kappa shape index (κ2) is 8.64. The van der Waals surface area contributed by atoms with Crippen LogP contribution in [0.5, 0.6) is 0 Å². The van der Waals surface area contributed by atoms with Crippen LogP contribution < -0.4 is 5.32 Å². The summed E-state index contributed by atoms with van der Waals surface area (Å²) >= 11 is 0. The van der Waals surface area contributed by atoms with Gasteiger partial charge in [0.25, 0.3) is 0 Å². The lowest BCUT2D eigenvalue weighted by Gasteiger charge is -2.24. The number of carbonyl (C=O) groups is 2. The molecule has 0 bridgehead atoms. The molecule has 150 valence electrons. The number of methoxy groups -OCH3 is 1. The number of hydrogen-bond acceptors (Lipinski definition) is 3. The van der Waals surface area contributed by atoms with Gasteiger partial charge in [0.1, 0.15) is 6.04 Å². The van der Waals surface area contributed by atoms with Crippen LogP contribution in [-0.4, -0.2) is 25.0 Å². The van der Waals surface area contributed by atoms with Crippen molar-refractivity contribution in [3.05, 3.63) is 60.2 Å². The minimum atomic E-state index is -0.691. The highest BCUT2D eigenvalue weighted by atomic mass is 16.5. The third-order valence-corrected chi connectivity index (χ3v) is 6.07. The molecule has 1 atom stereocenters. The maximum atomic E-state index is 12.8. The van der Waals surface area contributed by atoms with E-state index in [-0.39, 0.29) is 11.8 Å². The summed E-state index contributed by atoms with van der Waals surface area (Å²) in [6, 6.07) is 17.8. The first-order valence-electron chi connectivity index (χ1n) is 10.4. The number of ether oxygens (including phenoxy) is 1. The van der Waals surface area contributed by atoms with Crippen LogP contribution in [0.1, 0.15) is 37.7 Å². The van der Waals surface area contributed by atoms with Crippen LogP contribution in [0.4, 0.5) is 0 Å². The summed E-state index contributed by atoms with van der Waals surface area (Å²) in [4.78, 5) is 25.4. The van der Waals surface area contributed by atoms with Crippen LogP contribution in [0, 0.1) is 5.92 Å². The van der Waals surface area contributed by atoms with Crippen molar-refractivity contribution >= 4 is 33.4 Å². The summed E-state index contributed by atoms with van der Waals surface area (Å²) in [5, 5.41) is 7.47. The van der Waals surface area contributed by atoms with E-state index in [4.69, 9.17) is 4.74 Å². The van der Waals surface area contributed by atoms with Crippen LogP contribution >= 0.6 is 0 Å². The third kappa shape index (κ3) is 4.12. The zero-order valence-electron chi connectivity index (χ0n) is 16.8. The van der Waals surface area contributed by atoms with E-state index in [0.717, 1.165) is 52.8 Å². The SMILES string of the molecule is COC(=O)[C@@H](Cc1c2ccccc2cc2ccccc12)NC(=O)C1CCCCC1. The Labute approximate surface area is 171 Å². The fourth-order valence-corrected chi connectivity index (χ4v) is 4.52. The molecule has 0 spiro atoms. The highest BCUT2D eigenvalue weighted by Crippen LogP contribution is 2.30. The van der Waals surface area contributed by atoms with E-state index in [2.05, 4.69) is 35.6 Å². The topological polar surface area (TPSA) is 55.4 Å². The lowest BCUT2D eigenvalue weighted by molar-refractivity contribution is -0.145. The van der Waals surface area contributed by atoms with Gasteiger partial charge in [-0.05, 0) is 46.0 Å². The van der Waals surface area contributed by atoms with Crippen molar-refractivity contribution in [2.45, 2.75) is 44.6 Å². The molecular weight excluding hydrogens is 362 g/mol. The Morgan fingerprint density at radius 3 is 2.14 bits per heavy atom. The van der Waals surface area contributed by atoms with Crippen molar-refractivity contribution < 1.29 is 14.3 Å². The van der Waals surface area contributed by atoms with Gasteiger partial charge in [0.2, 0.25) is 5.91 Å². The molecule has 0 unspecified atom stereocenters. The molecular formula is C25H27NO3. The maximum absolute atomic E-state index is 12.8. The highest BCUT2D eigenvalue weighted by molar-refractivity contribution is 6.02. The van der Waals surface area contributed by atoms with Gasteiger partial charge in [0.05, 0.1) is 7.11 Å². The molecule has 0 aliphatic heterocycles. The van der Waals surface area contributed by atoms with Crippen molar-refractivity contribution in [1.82, 2.24) is 5.32 Å². The van der Waals surface area contributed by atoms with E-state index in [1.807, 2.05) is 24.3 Å². The number of fused-ring (bicyclic) bond motifs is 2. The number of rotatable bonds is 5. The van der Waals surface area contributed by atoms with Gasteiger partial charge in [-0.3, -0.25) is 4.79 Å². The van der Waals surface area contributed by atoms with Gasteiger partial charge in [0, 0.05) is 12.3 Å². The monoisotopic (exact) mass is 389 g/mol. The summed E-state index contributed by atoms with van der Waals surface area (Å²) in [7, 11) is 1.38. The molecule has 1 aliphatic rings. The van der Waals surface area contributed by atoms with E-state index in [1.54, 1.807) is 0 Å². The number of hydrogen-bond donors (Lipinski definition) is 1. The average molecular weight is 389 g/mol. The van der Waals surface area contributed by atoms with E-state index < -0.39 is 12.0 Å². The zero-order valence-corrected chi connectivity index (χ0v) is 16.8. The molecule has 1 aliphatic carbocycles. The maximum Gasteiger partial charge on any atom is 0.328 e. The number of esters is 1. The summed E-state index contributed by atoms with van der Waals surface area (Å²) in [5.74, 6) is -0.420. The van der Waals surface area contributed by atoms with Gasteiger partial charge < -0.3 is 10.1 Å². The summed E-state index contributed by atoms with van der Waals surface area (Å²) in [5.41, 5.74) is 1.07. The van der Waals surface area contributed by atoms with Gasteiger partial charge in [0.15, 0.2) is 0 Å². The second-order valence-electron chi connectivity index (χ2n) is 7.92. The minimum absolute atomic E-state index is 0.000155. The van der Waals surface area contributed by atoms with Crippen molar-refractivity contribution in [1.29, 1.82) is 0 Å². The molecule has 4 heteroatoms. The smallest absolute Gasteiger partial charge is 0.328 e. The van der Waals surface area contributed by atoms with Crippen molar-refractivity contribution in [3.63, 3.8) is 0 Å². The number of carbonyl (C=O) groups excluding carboxylic acids is 2. The van der Waals surface area contributed by atoms with Crippen molar-refractivity contribution in [3.8, 4) is 0 Å². The van der Waals surface area contributed by atoms with E-state index in [9.17, 15) is 9.59 Å². The molecule has 0 heterocycles. The first-order valence-corrected chi connectivity index (χ1v) is 10.4. The van der Waals surface area contributed by atoms with Crippen molar-refractivity contribution in [2.75, 3.05) is 7.11 Å². The Morgan fingerprint density at radius 1 is 0.966 bits per heavy atom. The standard InChI is InChI=1S/C25H27NO3/c1-29-25(28)23(26-24(27)17-9-3-2-4-10-17)16-22-20-13-7-5-11-18(20)15-19-12-6-8-14-21(19)22/h5-8,11-15,17,23H,2-4,9-10,16H2,1H3,(H,26,27)/t23-/m1/s1. The van der Waals surface area contributed by atoms with Gasteiger partial charge in [-0.1, -0.05) is 67.8 Å². The van der Waals surface area contributed by atoms with Crippen LogP contribution in [0.3, 0.4) is 0 Å². The van der Waals surface area contributed by atoms with Crippen LogP contribution in [-0.2, 0) is 20.7 Å². The Hall–Kier alpha value is -2.88. The molecule has 4 nitrogen and oxygen atoms in total. The predicted octanol–water partition coefficient (Wildman–Crippen LogP) is 4.77. The molecule has 0 aromatic heterocycles. The number of amides is 1. The molecule has 29 heavy (non-hydrogen) atoms. The molecule has 3 aromatic rings. The Bertz CT molecular complexity index is 983. The molecule has 0 radical (unpaired) electrons. The lowest BCUT2D eigenvalue weighted by Crippen LogP contribution is -2.45. The Kier molecular flexibility index (Phi) is 5.79. The van der Waals surface area contributed by atoms with E-state index >= 15 is 0 Å². The fourth-order valence-electron chi connectivity index (χ4n) is 4.52. The summed E-state index contributed by atoms with van der Waals surface area (Å²) < 4.78 is 5.04. The summed E-state index contributed by atoms with van der Waals surface area (Å²) in [6.07, 6.45) is 5.55. The van der Waals surface area contributed by atoms with Crippen LogP contribution in [0.15, 0.2) is 54.6 Å². The molecule has 1 amide bonds. The first kappa shape index (κ1) is 19.4. The van der Waals surface area contributed by atoms with Crippen molar-refractivity contribution in [2.24, 2.45) is 5.92 Å². The van der Waals surface area contributed by atoms with E-state index in [0.29, 0.717) is 6.42 Å². The van der Waals surface area contributed by atoms with Gasteiger partial charge >= 0.3 is 5.97 Å². The molecule has 1 saturated carbocycles. The highest BCUT2D eigenvalue weighted by Gasteiger charge is 2.28. The van der Waals surface area contributed by atoms with Gasteiger partial charge in [-0.15, -0.1) is 0 Å². The molecule has 0 saturated heterocycles. The molecule has 1 N–H and O–H groups in total. The largest absolute Gasteiger partial charge is 0.467 e. The van der Waals surface area contributed by atoms with E-state index in [1.165, 1.54) is 13.5 Å². The third-order valence-electron chi connectivity index (χ3n) is 6.07. The lowest BCUT2D eigenvalue weighted by atomic mass is 9.88. The normalized spacial score (nSPS) is 15.9. The van der Waals surface area contributed by atoms with Crippen LogP contribution in [0.2, 0.25) is 0 Å². The molecule has 1 fully saturated rings. The number of benzene rings is 3. The fraction of sp³-hybridized carbons (Fsp3) is 0.360. The average Bonchev–Trinajstić information content (AvgIpc) is 2.78. The molecule has 4 rings (SSSR count). The first-order chi connectivity index (χ1) is 14.2. The van der Waals surface area contributed by atoms with Gasteiger partial charge in [-0.25, -0.2) is 4.79 Å². The predicted molar refractivity (Wildman–Crippen MR) is 116 cm³/mol. The minimum Gasteiger partial charge on any atom is -0.467 e. The quantitative estimate of drug-likeness (QED) is 0.505. The second-order valence-corrected chi connectivity index (χ2v) is 7.92.